The van der Waals surface area contributed by atoms with E-state index in [1.165, 1.54) is 51.4 Å². The molecule has 8 bridgehead atoms. The lowest BCUT2D eigenvalue weighted by Gasteiger charge is -2.04. The third-order valence-electron chi connectivity index (χ3n) is 7.08. The van der Waals surface area contributed by atoms with Gasteiger partial charge in [-0.2, -0.15) is 11.1 Å². The van der Waals surface area contributed by atoms with Crippen LogP contribution in [-0.4, -0.2) is 26.5 Å². The van der Waals surface area contributed by atoms with E-state index in [2.05, 4.69) is 72.9 Å². The van der Waals surface area contributed by atoms with Gasteiger partial charge in [0.2, 0.25) is 0 Å². The number of hydrazine groups is 3. The zero-order chi connectivity index (χ0) is 31.4. The van der Waals surface area contributed by atoms with Crippen LogP contribution in [-0.2, 0) is 0 Å². The lowest BCUT2D eigenvalue weighted by atomic mass is 10.1. The molecule has 0 spiro atoms. The van der Waals surface area contributed by atoms with Crippen molar-refractivity contribution >= 4 is 46.4 Å². The Balaban J connectivity index is 0.000000186. The smallest absolute Gasteiger partial charge is 0.0658 e. The van der Waals surface area contributed by atoms with E-state index in [9.17, 15) is 0 Å². The predicted octanol–water partition coefficient (Wildman–Crippen LogP) is 7.43. The zero-order valence-electron chi connectivity index (χ0n) is 26.2. The molecule has 3 aliphatic rings. The maximum Gasteiger partial charge on any atom is 0.0658 e. The van der Waals surface area contributed by atoms with E-state index in [0.717, 1.165) is 51.4 Å². The molecule has 236 valence electrons. The van der Waals surface area contributed by atoms with Crippen LogP contribution in [0.5, 0.6) is 0 Å². The number of nitrogens with one attached hydrogen (secondary N) is 6. The Morgan fingerprint density at radius 1 is 0.578 bits per heavy atom. The molecule has 9 nitrogen and oxygen atoms in total. The first-order valence-corrected chi connectivity index (χ1v) is 15.9. The Kier molecular flexibility index (Phi) is 14.6. The highest BCUT2D eigenvalue weighted by molar-refractivity contribution is 5.77. The first-order chi connectivity index (χ1) is 22.2. The molecule has 3 aliphatic heterocycles. The largest absolute Gasteiger partial charge is 0.368 e. The van der Waals surface area contributed by atoms with Gasteiger partial charge in [-0.15, -0.1) is 0 Å². The zero-order valence-corrected chi connectivity index (χ0v) is 26.2. The van der Waals surface area contributed by atoms with Crippen molar-refractivity contribution in [2.45, 2.75) is 58.3 Å². The SMILES string of the molecule is C1=CC=CNC=C1.C1=Cc2cc3ccc(cc4nc(cc5ccc(cc1n2)[nH]5)C=C4)[nH]3.CCCCCCCCCCNNNN. The van der Waals surface area contributed by atoms with Crippen molar-refractivity contribution in [3.8, 4) is 0 Å². The van der Waals surface area contributed by atoms with Crippen molar-refractivity contribution in [2.75, 3.05) is 6.54 Å². The summed E-state index contributed by atoms with van der Waals surface area (Å²) in [6, 6.07) is 16.4. The van der Waals surface area contributed by atoms with Gasteiger partial charge in [-0.3, -0.25) is 5.84 Å². The van der Waals surface area contributed by atoms with Gasteiger partial charge in [0.05, 0.1) is 22.8 Å². The molecule has 0 amide bonds. The maximum atomic E-state index is 5.01. The van der Waals surface area contributed by atoms with Gasteiger partial charge in [0.25, 0.3) is 0 Å². The fourth-order valence-electron chi connectivity index (χ4n) is 4.81. The van der Waals surface area contributed by atoms with E-state index in [1.54, 1.807) is 0 Å². The maximum absolute atomic E-state index is 5.01. The number of nitrogens with two attached hydrogens (primary N) is 1. The fourth-order valence-corrected chi connectivity index (χ4v) is 4.81. The molecule has 0 saturated carbocycles. The van der Waals surface area contributed by atoms with Crippen LogP contribution in [0, 0.1) is 0 Å². The van der Waals surface area contributed by atoms with Crippen LogP contribution in [0.3, 0.4) is 0 Å². The number of hydrogen-bond donors (Lipinski definition) is 7. The molecule has 0 aromatic carbocycles. The molecule has 0 unspecified atom stereocenters. The monoisotopic (exact) mass is 605 g/mol. The van der Waals surface area contributed by atoms with E-state index in [-0.39, 0.29) is 0 Å². The van der Waals surface area contributed by atoms with E-state index in [1.807, 2.05) is 85.3 Å². The molecule has 6 heterocycles. The number of unbranched alkanes of at least 4 members (excludes halogenated alkanes) is 7. The molecule has 8 N–H and O–H groups in total. The summed E-state index contributed by atoms with van der Waals surface area (Å²) in [6.45, 7) is 3.23. The van der Waals surface area contributed by atoms with Crippen LogP contribution in [0.1, 0.15) is 81.1 Å². The van der Waals surface area contributed by atoms with Gasteiger partial charge >= 0.3 is 0 Å². The number of fused-ring (bicyclic) bond motifs is 8. The van der Waals surface area contributed by atoms with Gasteiger partial charge in [-0.25, -0.2) is 15.4 Å². The van der Waals surface area contributed by atoms with Crippen molar-refractivity contribution < 1.29 is 0 Å². The topological polar surface area (TPSA) is 132 Å². The Morgan fingerprint density at radius 3 is 1.42 bits per heavy atom. The molecule has 6 rings (SSSR count). The van der Waals surface area contributed by atoms with Gasteiger partial charge in [-0.1, -0.05) is 64.0 Å². The molecular formula is C36H47N9. The lowest BCUT2D eigenvalue weighted by molar-refractivity contribution is 0.431. The van der Waals surface area contributed by atoms with Crippen molar-refractivity contribution in [3.63, 3.8) is 0 Å². The van der Waals surface area contributed by atoms with E-state index in [0.29, 0.717) is 0 Å². The first kappa shape index (κ1) is 33.4. The molecule has 0 radical (unpaired) electrons. The first-order valence-electron chi connectivity index (χ1n) is 15.9. The molecule has 9 heteroatoms. The molecule has 3 aromatic rings. The van der Waals surface area contributed by atoms with Gasteiger partial charge in [0.1, 0.15) is 0 Å². The minimum Gasteiger partial charge on any atom is -0.368 e. The summed E-state index contributed by atoms with van der Waals surface area (Å²) in [6.07, 6.45) is 30.5. The highest BCUT2D eigenvalue weighted by Crippen LogP contribution is 2.17. The highest BCUT2D eigenvalue weighted by Gasteiger charge is 2.01. The number of allylic oxidation sites excluding steroid dienone is 4. The summed E-state index contributed by atoms with van der Waals surface area (Å²) in [5.41, 5.74) is 15.8. The number of H-pyrrole nitrogens is 2. The third kappa shape index (κ3) is 12.9. The van der Waals surface area contributed by atoms with Crippen LogP contribution < -0.4 is 27.7 Å². The van der Waals surface area contributed by atoms with Crippen molar-refractivity contribution in [1.82, 2.24) is 41.7 Å². The molecule has 0 atom stereocenters. The van der Waals surface area contributed by atoms with Crippen LogP contribution in [0.25, 0.3) is 46.4 Å². The highest BCUT2D eigenvalue weighted by atomic mass is 15.7. The van der Waals surface area contributed by atoms with Gasteiger partial charge in [0.15, 0.2) is 0 Å². The number of rotatable bonds is 11. The normalized spacial score (nSPS) is 12.6. The number of aromatic amines is 2. The summed E-state index contributed by atoms with van der Waals surface area (Å²) < 4.78 is 0. The third-order valence-corrected chi connectivity index (χ3v) is 7.08. The van der Waals surface area contributed by atoms with Crippen LogP contribution in [0.2, 0.25) is 0 Å². The van der Waals surface area contributed by atoms with Crippen molar-refractivity contribution in [1.29, 1.82) is 0 Å². The number of aromatic nitrogens is 4. The second kappa shape index (κ2) is 19.7. The predicted molar refractivity (Wildman–Crippen MR) is 190 cm³/mol. The molecule has 0 fully saturated rings. The summed E-state index contributed by atoms with van der Waals surface area (Å²) in [7, 11) is 0. The van der Waals surface area contributed by atoms with Crippen LogP contribution >= 0.6 is 0 Å². The van der Waals surface area contributed by atoms with E-state index in [4.69, 9.17) is 5.84 Å². The quantitative estimate of drug-likeness (QED) is 0.0473. The summed E-state index contributed by atoms with van der Waals surface area (Å²) >= 11 is 0. The summed E-state index contributed by atoms with van der Waals surface area (Å²) in [5, 5.41) is 2.92. The lowest BCUT2D eigenvalue weighted by Crippen LogP contribution is -2.47. The van der Waals surface area contributed by atoms with Gasteiger partial charge < -0.3 is 15.3 Å². The molecule has 0 aliphatic carbocycles. The average molecular weight is 606 g/mol. The second-order valence-corrected chi connectivity index (χ2v) is 10.8. The van der Waals surface area contributed by atoms with E-state index >= 15 is 0 Å². The minimum absolute atomic E-state index is 0.939. The summed E-state index contributed by atoms with van der Waals surface area (Å²) in [5.74, 6) is 5.01. The average Bonchev–Trinajstić information content (AvgIpc) is 3.83. The van der Waals surface area contributed by atoms with E-state index < -0.39 is 0 Å². The molecular weight excluding hydrogens is 558 g/mol. The summed E-state index contributed by atoms with van der Waals surface area (Å²) in [4.78, 5) is 16.0. The standard InChI is InChI=1S/C20H14N4.C10H26N4.C6H7N/c1-2-14-10-16-5-6-18(23-16)12-20-8-7-19(24-20)11-17-4-3-15(22-17)9-13(1)21-14;1-2-3-4-5-6-7-8-9-10-12-14-13-11;1-2-4-6-7-5-3-1/h1-12,21,24H;12-14H,2-11H2,1H3;1-7H. The molecule has 0 saturated heterocycles. The number of hydrogen-bond acceptors (Lipinski definition) is 7. The Morgan fingerprint density at radius 2 is 1.00 bits per heavy atom. The second-order valence-electron chi connectivity index (χ2n) is 10.8. The Labute approximate surface area is 266 Å². The Hall–Kier alpha value is -4.54. The van der Waals surface area contributed by atoms with Crippen LogP contribution in [0.15, 0.2) is 85.2 Å². The number of nitrogens with zero attached hydrogens (tertiary/aromatic N) is 2. The van der Waals surface area contributed by atoms with Gasteiger partial charge in [-0.05, 0) is 91.4 Å². The van der Waals surface area contributed by atoms with Gasteiger partial charge in [0, 0.05) is 41.0 Å². The van der Waals surface area contributed by atoms with Crippen molar-refractivity contribution in [3.05, 3.63) is 108 Å². The molecule has 45 heavy (non-hydrogen) atoms. The van der Waals surface area contributed by atoms with Crippen LogP contribution in [0.4, 0.5) is 0 Å². The fraction of sp³-hybridized carbons (Fsp3) is 0.278. The molecule has 3 aromatic heterocycles. The minimum atomic E-state index is 0.939. The Bertz CT molecular complexity index is 1420. The van der Waals surface area contributed by atoms with Crippen molar-refractivity contribution in [2.24, 2.45) is 5.84 Å².